The second-order valence-corrected chi connectivity index (χ2v) is 1.78. The van der Waals surface area contributed by atoms with E-state index in [-0.39, 0.29) is 13.8 Å². The molecule has 0 unspecified atom stereocenters. The zero-order chi connectivity index (χ0) is 7.00. The van der Waals surface area contributed by atoms with Crippen LogP contribution in [0.25, 0.3) is 0 Å². The third kappa shape index (κ3) is 1.68. The van der Waals surface area contributed by atoms with Crippen LogP contribution in [0.15, 0.2) is 0 Å². The molecule has 0 amide bonds. The molecule has 0 aromatic rings. The number of halogens is 4. The van der Waals surface area contributed by atoms with Crippen molar-refractivity contribution in [3.8, 4) is 0 Å². The topological polar surface area (TPSA) is 0 Å². The summed E-state index contributed by atoms with van der Waals surface area (Å²) in [5, 5.41) is 0. The zero-order valence-electron chi connectivity index (χ0n) is 4.51. The minimum absolute atomic E-state index is 0.188. The van der Waals surface area contributed by atoms with Gasteiger partial charge in [0.1, 0.15) is 0 Å². The van der Waals surface area contributed by atoms with Gasteiger partial charge in [-0.15, -0.1) is 0 Å². The van der Waals surface area contributed by atoms with E-state index in [0.717, 1.165) is 0 Å². The number of rotatable bonds is 1. The number of hydrogen-bond acceptors (Lipinski definition) is 0. The molecule has 0 aromatic carbocycles. The molecule has 50 valence electrons. The fraction of sp³-hybridized carbons (Fsp3) is 1.00. The molecule has 0 aliphatic heterocycles. The van der Waals surface area contributed by atoms with Crippen LogP contribution in [0, 0.1) is 0 Å². The summed E-state index contributed by atoms with van der Waals surface area (Å²) in [5.74, 6) is -7.79. The molecule has 8 heavy (non-hydrogen) atoms. The third-order valence-corrected chi connectivity index (χ3v) is 0.771. The second kappa shape index (κ2) is 1.60. The molecule has 0 heterocycles. The summed E-state index contributed by atoms with van der Waals surface area (Å²) in [4.78, 5) is 0. The van der Waals surface area contributed by atoms with E-state index in [1.807, 2.05) is 0 Å². The molecule has 0 rings (SSSR count). The number of alkyl halides is 4. The van der Waals surface area contributed by atoms with Gasteiger partial charge in [0.2, 0.25) is 0 Å². The molecule has 0 aliphatic rings. The smallest absolute Gasteiger partial charge is 0.200 e. The van der Waals surface area contributed by atoms with Crippen LogP contribution < -0.4 is 0 Å². The van der Waals surface area contributed by atoms with Gasteiger partial charge in [-0.2, -0.15) is 0 Å². The van der Waals surface area contributed by atoms with E-state index >= 15 is 0 Å². The molecule has 0 bridgehead atoms. The maximum absolute atomic E-state index is 11.5. The van der Waals surface area contributed by atoms with E-state index in [4.69, 9.17) is 0 Å². The van der Waals surface area contributed by atoms with E-state index in [1.54, 1.807) is 0 Å². The largest absolute Gasteiger partial charge is 0.307 e. The molecule has 0 radical (unpaired) electrons. The van der Waals surface area contributed by atoms with Crippen LogP contribution in [0.1, 0.15) is 13.8 Å². The Kier molecular flexibility index (Phi) is 1.54. The van der Waals surface area contributed by atoms with Gasteiger partial charge in [0.15, 0.2) is 0 Å². The summed E-state index contributed by atoms with van der Waals surface area (Å²) in [5.41, 5.74) is 0. The van der Waals surface area contributed by atoms with E-state index in [0.29, 0.717) is 0 Å². The van der Waals surface area contributed by atoms with Crippen molar-refractivity contribution in [1.82, 2.24) is 0 Å². The van der Waals surface area contributed by atoms with Gasteiger partial charge >= 0.3 is 11.8 Å². The highest BCUT2D eigenvalue weighted by Gasteiger charge is 2.47. The lowest BCUT2D eigenvalue weighted by molar-refractivity contribution is -0.185. The Labute approximate surface area is 44.5 Å². The van der Waals surface area contributed by atoms with Crippen LogP contribution in [-0.2, 0) is 0 Å². The molecule has 0 fully saturated rings. The fourth-order valence-electron chi connectivity index (χ4n) is 0. The molecule has 0 saturated heterocycles. The zero-order valence-corrected chi connectivity index (χ0v) is 4.51. The highest BCUT2D eigenvalue weighted by atomic mass is 19.3. The lowest BCUT2D eigenvalue weighted by Crippen LogP contribution is -2.33. The van der Waals surface area contributed by atoms with Crippen molar-refractivity contribution in [2.45, 2.75) is 25.7 Å². The van der Waals surface area contributed by atoms with E-state index in [1.165, 1.54) is 0 Å². The lowest BCUT2D eigenvalue weighted by Gasteiger charge is -2.17. The van der Waals surface area contributed by atoms with Gasteiger partial charge in [0.25, 0.3) is 0 Å². The average Bonchev–Trinajstić information content (AvgIpc) is 1.25. The Bertz CT molecular complexity index is 63.0. The van der Waals surface area contributed by atoms with Crippen molar-refractivity contribution in [3.05, 3.63) is 0 Å². The van der Waals surface area contributed by atoms with Gasteiger partial charge in [0, 0.05) is 13.8 Å². The molecule has 0 spiro atoms. The average molecular weight is 130 g/mol. The fourth-order valence-corrected chi connectivity index (χ4v) is 0. The van der Waals surface area contributed by atoms with Crippen LogP contribution in [0.5, 0.6) is 0 Å². The molecular formula is C4H6F4. The molecule has 0 saturated carbocycles. The molecule has 0 nitrogen and oxygen atoms in total. The molecule has 0 aromatic heterocycles. The van der Waals surface area contributed by atoms with E-state index in [2.05, 4.69) is 0 Å². The molecule has 4 heteroatoms. The summed E-state index contributed by atoms with van der Waals surface area (Å²) in [7, 11) is 0. The Hall–Kier alpha value is -0.280. The van der Waals surface area contributed by atoms with Crippen LogP contribution in [-0.4, -0.2) is 11.8 Å². The van der Waals surface area contributed by atoms with Gasteiger partial charge in [-0.1, -0.05) is 0 Å². The lowest BCUT2D eigenvalue weighted by atomic mass is 10.2. The summed E-state index contributed by atoms with van der Waals surface area (Å²) in [6, 6.07) is 0. The van der Waals surface area contributed by atoms with E-state index in [9.17, 15) is 17.6 Å². The maximum atomic E-state index is 11.5. The Morgan fingerprint density at radius 1 is 0.750 bits per heavy atom. The van der Waals surface area contributed by atoms with Crippen molar-refractivity contribution in [1.29, 1.82) is 0 Å². The second-order valence-electron chi connectivity index (χ2n) is 1.78. The Morgan fingerprint density at radius 2 is 0.875 bits per heavy atom. The molecule has 0 atom stereocenters. The first-order valence-electron chi connectivity index (χ1n) is 2.01. The van der Waals surface area contributed by atoms with E-state index < -0.39 is 11.8 Å². The maximum Gasteiger partial charge on any atom is 0.307 e. The predicted molar refractivity (Wildman–Crippen MR) is 21.2 cm³/mol. The normalized spacial score (nSPS) is 14.2. The van der Waals surface area contributed by atoms with Gasteiger partial charge in [0.05, 0.1) is 0 Å². The molecule has 0 N–H and O–H groups in total. The standard InChI is InChI=1S/C4H6F4/c1-3(5,6)4(2,7)8/h1-2H3. The van der Waals surface area contributed by atoms with Crippen LogP contribution in [0.3, 0.4) is 0 Å². The van der Waals surface area contributed by atoms with Gasteiger partial charge in [-0.05, 0) is 0 Å². The summed E-state index contributed by atoms with van der Waals surface area (Å²) < 4.78 is 45.9. The van der Waals surface area contributed by atoms with Crippen molar-refractivity contribution < 1.29 is 17.6 Å². The first kappa shape index (κ1) is 7.72. The van der Waals surface area contributed by atoms with Crippen LogP contribution >= 0.6 is 0 Å². The van der Waals surface area contributed by atoms with Crippen LogP contribution in [0.2, 0.25) is 0 Å². The first-order valence-corrected chi connectivity index (χ1v) is 2.01. The minimum Gasteiger partial charge on any atom is -0.200 e. The summed E-state index contributed by atoms with van der Waals surface area (Å²) in [6.07, 6.45) is 0. The Morgan fingerprint density at radius 3 is 0.875 bits per heavy atom. The minimum atomic E-state index is -3.90. The highest BCUT2D eigenvalue weighted by Crippen LogP contribution is 2.32. The van der Waals surface area contributed by atoms with Gasteiger partial charge in [-0.25, -0.2) is 17.6 Å². The van der Waals surface area contributed by atoms with Gasteiger partial charge in [-0.3, -0.25) is 0 Å². The summed E-state index contributed by atoms with van der Waals surface area (Å²) >= 11 is 0. The quantitative estimate of drug-likeness (QED) is 0.478. The third-order valence-electron chi connectivity index (χ3n) is 0.771. The van der Waals surface area contributed by atoms with Crippen LogP contribution in [0.4, 0.5) is 17.6 Å². The monoisotopic (exact) mass is 130 g/mol. The first-order chi connectivity index (χ1) is 3.25. The summed E-state index contributed by atoms with van der Waals surface area (Å²) in [6.45, 7) is 0.375. The van der Waals surface area contributed by atoms with Crippen molar-refractivity contribution in [3.63, 3.8) is 0 Å². The van der Waals surface area contributed by atoms with Crippen molar-refractivity contribution >= 4 is 0 Å². The van der Waals surface area contributed by atoms with Gasteiger partial charge < -0.3 is 0 Å². The Balaban J connectivity index is 4.02. The SMILES string of the molecule is CC(F)(F)C(C)(F)F. The predicted octanol–water partition coefficient (Wildman–Crippen LogP) is 2.30. The van der Waals surface area contributed by atoms with Crippen molar-refractivity contribution in [2.75, 3.05) is 0 Å². The molecule has 0 aliphatic carbocycles. The van der Waals surface area contributed by atoms with Crippen molar-refractivity contribution in [2.24, 2.45) is 0 Å². The molecular weight excluding hydrogens is 124 g/mol. The highest BCUT2D eigenvalue weighted by molar-refractivity contribution is 4.73. The number of hydrogen-bond donors (Lipinski definition) is 0.